The molecule has 2 N–H and O–H groups in total. The Morgan fingerprint density at radius 3 is 2.49 bits per heavy atom. The van der Waals surface area contributed by atoms with Gasteiger partial charge >= 0.3 is 12.8 Å². The van der Waals surface area contributed by atoms with Crippen LogP contribution in [0.5, 0.6) is 5.75 Å². The van der Waals surface area contributed by atoms with Crippen molar-refractivity contribution in [2.75, 3.05) is 11.9 Å². The molecule has 37 heavy (non-hydrogen) atoms. The molecule has 7 nitrogen and oxygen atoms in total. The number of hydrogen-bond acceptors (Lipinski definition) is 5. The number of carbonyl (C=O) groups excluding carboxylic acids is 1. The number of pyridine rings is 1. The third kappa shape index (κ3) is 7.24. The summed E-state index contributed by atoms with van der Waals surface area (Å²) in [5, 5.41) is 9.21. The smallest absolute Gasteiger partial charge is 0.408 e. The van der Waals surface area contributed by atoms with Crippen LogP contribution in [0.1, 0.15) is 63.4 Å². The third-order valence-corrected chi connectivity index (χ3v) is 6.92. The summed E-state index contributed by atoms with van der Waals surface area (Å²) >= 11 is 6.51. The number of nitrogens with one attached hydrogen (secondary N) is 2. The maximum atomic E-state index is 13.2. The molecule has 2 aromatic rings. The molecule has 0 radical (unpaired) electrons. The molecular formula is C24H31ClF5N5O2. The molecule has 0 saturated heterocycles. The number of ether oxygens (including phenoxy) is 1. The Kier molecular flexibility index (Phi) is 9.60. The molecule has 0 aromatic carbocycles. The van der Waals surface area contributed by atoms with Crippen LogP contribution in [-0.4, -0.2) is 46.0 Å². The fourth-order valence-corrected chi connectivity index (χ4v) is 4.73. The van der Waals surface area contributed by atoms with Crippen molar-refractivity contribution in [2.45, 2.75) is 78.2 Å². The molecule has 1 atom stereocenters. The normalized spacial score (nSPS) is 19.1. The summed E-state index contributed by atoms with van der Waals surface area (Å²) in [7, 11) is 0. The minimum atomic E-state index is -4.57. The molecule has 1 aliphatic carbocycles. The van der Waals surface area contributed by atoms with Gasteiger partial charge in [-0.1, -0.05) is 38.3 Å². The van der Waals surface area contributed by atoms with Gasteiger partial charge in [0.1, 0.15) is 17.6 Å². The van der Waals surface area contributed by atoms with Crippen molar-refractivity contribution in [2.24, 2.45) is 11.8 Å². The fraction of sp³-hybridized carbons (Fsp3) is 0.625. The van der Waals surface area contributed by atoms with E-state index in [2.05, 4.69) is 32.4 Å². The summed E-state index contributed by atoms with van der Waals surface area (Å²) < 4.78 is 71.9. The Labute approximate surface area is 217 Å². The number of carbonyl (C=O) groups is 1. The Bertz CT molecular complexity index is 1070. The van der Waals surface area contributed by atoms with Gasteiger partial charge in [0.2, 0.25) is 0 Å². The third-order valence-electron chi connectivity index (χ3n) is 6.56. The van der Waals surface area contributed by atoms with Crippen LogP contribution >= 0.6 is 11.6 Å². The molecule has 2 aromatic heterocycles. The first-order chi connectivity index (χ1) is 17.4. The van der Waals surface area contributed by atoms with Gasteiger partial charge in [0.25, 0.3) is 5.91 Å². The zero-order valence-electron chi connectivity index (χ0n) is 20.8. The molecule has 1 saturated carbocycles. The van der Waals surface area contributed by atoms with Gasteiger partial charge in [0, 0.05) is 25.4 Å². The standard InChI is InChI=1S/C24H31ClF5N5O2/c1-4-17(24(28,29)30)33-18-10-16(37-23(26)27)15(12-31-18)21-19(25)20(34-35(21)5-2)22(36)32-11-14-8-6-13(3)7-9-14/h10,12-14,17,23H,4-9,11H2,1-3H3,(H,31,33)(H,32,36)/t13?,14?,17-/m1/s1. The lowest BCUT2D eigenvalue weighted by molar-refractivity contribution is -0.142. The molecular weight excluding hydrogens is 521 g/mol. The largest absolute Gasteiger partial charge is 0.434 e. The Hall–Kier alpha value is -2.63. The average Bonchev–Trinajstić information content (AvgIpc) is 3.17. The molecule has 0 spiro atoms. The van der Waals surface area contributed by atoms with Crippen LogP contribution in [0.3, 0.4) is 0 Å². The molecule has 13 heteroatoms. The highest BCUT2D eigenvalue weighted by Crippen LogP contribution is 2.39. The Morgan fingerprint density at radius 2 is 1.92 bits per heavy atom. The van der Waals surface area contributed by atoms with Crippen molar-refractivity contribution < 1.29 is 31.5 Å². The van der Waals surface area contributed by atoms with E-state index in [1.165, 1.54) is 11.6 Å². The second-order valence-electron chi connectivity index (χ2n) is 9.25. The van der Waals surface area contributed by atoms with E-state index in [9.17, 15) is 26.7 Å². The number of alkyl halides is 5. The summed E-state index contributed by atoms with van der Waals surface area (Å²) in [5.41, 5.74) is -0.0278. The van der Waals surface area contributed by atoms with Gasteiger partial charge in [-0.2, -0.15) is 27.1 Å². The first-order valence-electron chi connectivity index (χ1n) is 12.3. The van der Waals surface area contributed by atoms with Crippen LogP contribution in [-0.2, 0) is 6.54 Å². The molecule has 2 heterocycles. The van der Waals surface area contributed by atoms with E-state index in [-0.39, 0.29) is 40.8 Å². The number of halogens is 6. The summed E-state index contributed by atoms with van der Waals surface area (Å²) in [6.45, 7) is 2.67. The second-order valence-corrected chi connectivity index (χ2v) is 9.63. The predicted octanol–water partition coefficient (Wildman–Crippen LogP) is 6.53. The molecule has 1 fully saturated rings. The molecule has 1 amide bonds. The highest BCUT2D eigenvalue weighted by Gasteiger charge is 2.38. The maximum Gasteiger partial charge on any atom is 0.408 e. The lowest BCUT2D eigenvalue weighted by atomic mass is 9.83. The van der Waals surface area contributed by atoms with E-state index in [1.54, 1.807) is 6.92 Å². The highest BCUT2D eigenvalue weighted by atomic mass is 35.5. The number of nitrogens with zero attached hydrogens (tertiary/aromatic N) is 3. The Morgan fingerprint density at radius 1 is 1.24 bits per heavy atom. The van der Waals surface area contributed by atoms with Gasteiger partial charge in [0.05, 0.1) is 16.3 Å². The predicted molar refractivity (Wildman–Crippen MR) is 130 cm³/mol. The van der Waals surface area contributed by atoms with Gasteiger partial charge in [0.15, 0.2) is 5.69 Å². The summed E-state index contributed by atoms with van der Waals surface area (Å²) in [6, 6.07) is -0.985. The van der Waals surface area contributed by atoms with Gasteiger partial charge in [-0.05, 0) is 38.0 Å². The van der Waals surface area contributed by atoms with Crippen LogP contribution in [0, 0.1) is 11.8 Å². The Balaban J connectivity index is 1.90. The summed E-state index contributed by atoms with van der Waals surface area (Å²) in [4.78, 5) is 16.9. The van der Waals surface area contributed by atoms with Crippen molar-refractivity contribution in [1.82, 2.24) is 20.1 Å². The van der Waals surface area contributed by atoms with E-state index in [0.717, 1.165) is 37.9 Å². The first-order valence-corrected chi connectivity index (χ1v) is 12.6. The van der Waals surface area contributed by atoms with E-state index in [0.29, 0.717) is 18.4 Å². The lowest BCUT2D eigenvalue weighted by Crippen LogP contribution is -2.35. The van der Waals surface area contributed by atoms with Gasteiger partial charge in [-0.25, -0.2) is 4.98 Å². The zero-order valence-corrected chi connectivity index (χ0v) is 21.6. The van der Waals surface area contributed by atoms with Crippen molar-refractivity contribution in [3.8, 4) is 17.0 Å². The molecule has 3 rings (SSSR count). The number of amides is 1. The van der Waals surface area contributed by atoms with Crippen LogP contribution in [0.15, 0.2) is 12.3 Å². The van der Waals surface area contributed by atoms with Crippen molar-refractivity contribution in [1.29, 1.82) is 0 Å². The quantitative estimate of drug-likeness (QED) is 0.328. The van der Waals surface area contributed by atoms with Gasteiger partial charge in [-0.3, -0.25) is 9.48 Å². The van der Waals surface area contributed by atoms with Crippen molar-refractivity contribution in [3.63, 3.8) is 0 Å². The summed E-state index contributed by atoms with van der Waals surface area (Å²) in [6.07, 6.45) is 0.426. The van der Waals surface area contributed by atoms with Crippen LogP contribution < -0.4 is 15.4 Å². The minimum Gasteiger partial charge on any atom is -0.434 e. The van der Waals surface area contributed by atoms with Gasteiger partial charge < -0.3 is 15.4 Å². The number of hydrogen-bond donors (Lipinski definition) is 2. The second kappa shape index (κ2) is 12.3. The molecule has 0 bridgehead atoms. The van der Waals surface area contributed by atoms with Crippen LogP contribution in [0.4, 0.5) is 27.8 Å². The number of rotatable bonds is 10. The van der Waals surface area contributed by atoms with Crippen molar-refractivity contribution >= 4 is 23.3 Å². The zero-order chi connectivity index (χ0) is 27.3. The van der Waals surface area contributed by atoms with Crippen molar-refractivity contribution in [3.05, 3.63) is 23.0 Å². The minimum absolute atomic E-state index is 0.0365. The van der Waals surface area contributed by atoms with E-state index in [4.69, 9.17) is 11.6 Å². The molecule has 0 unspecified atom stereocenters. The topological polar surface area (TPSA) is 81.1 Å². The maximum absolute atomic E-state index is 13.2. The first kappa shape index (κ1) is 28.9. The highest BCUT2D eigenvalue weighted by molar-refractivity contribution is 6.36. The van der Waals surface area contributed by atoms with Crippen LogP contribution in [0.2, 0.25) is 5.02 Å². The lowest BCUT2D eigenvalue weighted by Gasteiger charge is -2.26. The number of aromatic nitrogens is 3. The molecule has 206 valence electrons. The number of aryl methyl sites for hydroxylation is 1. The fourth-order valence-electron chi connectivity index (χ4n) is 4.41. The van der Waals surface area contributed by atoms with Gasteiger partial charge in [-0.15, -0.1) is 0 Å². The number of anilines is 1. The van der Waals surface area contributed by atoms with E-state index >= 15 is 0 Å². The average molecular weight is 552 g/mol. The monoisotopic (exact) mass is 551 g/mol. The van der Waals surface area contributed by atoms with E-state index in [1.807, 2.05) is 0 Å². The summed E-state index contributed by atoms with van der Waals surface area (Å²) in [5.74, 6) is -0.238. The van der Waals surface area contributed by atoms with Crippen LogP contribution in [0.25, 0.3) is 11.3 Å². The molecule has 1 aliphatic rings. The molecule has 0 aliphatic heterocycles. The van der Waals surface area contributed by atoms with E-state index < -0.39 is 30.5 Å². The SMILES string of the molecule is CC[C@@H](Nc1cc(OC(F)F)c(-c2c(Cl)c(C(=O)NCC3CCC(C)CC3)nn2CC)cn1)C(F)(F)F.